The Labute approximate surface area is 166 Å². The Morgan fingerprint density at radius 2 is 0.923 bits per heavy atom. The van der Waals surface area contributed by atoms with Crippen LogP contribution in [0.1, 0.15) is 12.8 Å². The minimum atomic E-state index is 0.680. The summed E-state index contributed by atoms with van der Waals surface area (Å²) in [6, 6.07) is 17.4. The van der Waals surface area contributed by atoms with Crippen molar-refractivity contribution in [3.05, 3.63) is 48.5 Å². The molecule has 26 heavy (non-hydrogen) atoms. The van der Waals surface area contributed by atoms with Gasteiger partial charge in [-0.1, -0.05) is 48.5 Å². The van der Waals surface area contributed by atoms with Crippen LogP contribution in [0.25, 0.3) is 21.5 Å². The highest BCUT2D eigenvalue weighted by atomic mass is 35.5. The molecule has 0 bridgehead atoms. The van der Waals surface area contributed by atoms with Crippen LogP contribution in [0, 0.1) is 0 Å². The van der Waals surface area contributed by atoms with Crippen LogP contribution in [0.15, 0.2) is 48.5 Å². The van der Waals surface area contributed by atoms with E-state index < -0.39 is 0 Å². The van der Waals surface area contributed by atoms with Crippen molar-refractivity contribution < 1.29 is 0 Å². The quantitative estimate of drug-likeness (QED) is 0.260. The molecule has 0 atom stereocenters. The van der Waals surface area contributed by atoms with Gasteiger partial charge in [-0.2, -0.15) is 0 Å². The summed E-state index contributed by atoms with van der Waals surface area (Å²) in [5, 5.41) is 5.15. The fourth-order valence-electron chi connectivity index (χ4n) is 3.72. The van der Waals surface area contributed by atoms with Crippen molar-refractivity contribution in [2.75, 3.05) is 48.7 Å². The van der Waals surface area contributed by atoms with Crippen molar-refractivity contribution >= 4 is 56.1 Å². The number of benzene rings is 3. The van der Waals surface area contributed by atoms with E-state index >= 15 is 0 Å². The van der Waals surface area contributed by atoms with Crippen molar-refractivity contribution in [2.24, 2.45) is 0 Å². The van der Waals surface area contributed by atoms with E-state index in [0.29, 0.717) is 11.8 Å². The molecule has 0 amide bonds. The standard InChI is InChI=1S/C22H26Cl2N2/c1-25(15-7-13-23)21-17-9-3-5-11-19(17)22(26(2)16-8-14-24)20-12-6-4-10-18(20)21/h3-6,9-12H,7-8,13-16H2,1-2H3. The first kappa shape index (κ1) is 19.1. The first-order valence-corrected chi connectivity index (χ1v) is 10.2. The largest absolute Gasteiger partial charge is 0.374 e. The van der Waals surface area contributed by atoms with Crippen LogP contribution in [0.5, 0.6) is 0 Å². The molecule has 0 N–H and O–H groups in total. The number of hydrogen-bond acceptors (Lipinski definition) is 2. The zero-order valence-electron chi connectivity index (χ0n) is 15.5. The Kier molecular flexibility index (Phi) is 6.50. The maximum Gasteiger partial charge on any atom is 0.0524 e. The van der Waals surface area contributed by atoms with Crippen molar-refractivity contribution in [1.82, 2.24) is 0 Å². The molecule has 0 heterocycles. The van der Waals surface area contributed by atoms with Crippen LogP contribution in [0.2, 0.25) is 0 Å². The Morgan fingerprint density at radius 1 is 0.615 bits per heavy atom. The fourth-order valence-corrected chi connectivity index (χ4v) is 3.96. The van der Waals surface area contributed by atoms with Gasteiger partial charge in [0.15, 0.2) is 0 Å². The molecule has 4 heteroatoms. The maximum absolute atomic E-state index is 5.94. The number of fused-ring (bicyclic) bond motifs is 2. The van der Waals surface area contributed by atoms with E-state index in [4.69, 9.17) is 23.2 Å². The third kappa shape index (κ3) is 3.72. The summed E-state index contributed by atoms with van der Waals surface area (Å²) in [5.41, 5.74) is 2.58. The zero-order valence-corrected chi connectivity index (χ0v) is 17.0. The van der Waals surface area contributed by atoms with E-state index in [1.54, 1.807) is 0 Å². The highest BCUT2D eigenvalue weighted by Gasteiger charge is 2.18. The molecule has 3 rings (SSSR count). The van der Waals surface area contributed by atoms with Crippen molar-refractivity contribution in [1.29, 1.82) is 0 Å². The number of rotatable bonds is 8. The van der Waals surface area contributed by atoms with Gasteiger partial charge >= 0.3 is 0 Å². The second-order valence-electron chi connectivity index (χ2n) is 6.72. The first-order valence-electron chi connectivity index (χ1n) is 9.16. The number of halogens is 2. The van der Waals surface area contributed by atoms with E-state index in [1.165, 1.54) is 32.9 Å². The van der Waals surface area contributed by atoms with Crippen LogP contribution in [-0.2, 0) is 0 Å². The zero-order chi connectivity index (χ0) is 18.5. The number of alkyl halides is 2. The lowest BCUT2D eigenvalue weighted by Crippen LogP contribution is -2.22. The summed E-state index contributed by atoms with van der Waals surface area (Å²) in [6.07, 6.45) is 1.94. The summed E-state index contributed by atoms with van der Waals surface area (Å²) < 4.78 is 0. The summed E-state index contributed by atoms with van der Waals surface area (Å²) in [6.45, 7) is 1.89. The van der Waals surface area contributed by atoms with Gasteiger partial charge in [0, 0.05) is 60.5 Å². The van der Waals surface area contributed by atoms with Gasteiger partial charge in [0.1, 0.15) is 0 Å². The van der Waals surface area contributed by atoms with E-state index in [2.05, 4.69) is 72.4 Å². The smallest absolute Gasteiger partial charge is 0.0524 e. The lowest BCUT2D eigenvalue weighted by atomic mass is 9.97. The maximum atomic E-state index is 5.94. The molecule has 0 spiro atoms. The first-order chi connectivity index (χ1) is 12.7. The second kappa shape index (κ2) is 8.83. The van der Waals surface area contributed by atoms with E-state index in [9.17, 15) is 0 Å². The van der Waals surface area contributed by atoms with E-state index in [-0.39, 0.29) is 0 Å². The topological polar surface area (TPSA) is 6.48 Å². The van der Waals surface area contributed by atoms with Gasteiger partial charge in [-0.3, -0.25) is 0 Å². The predicted molar refractivity (Wildman–Crippen MR) is 119 cm³/mol. The molecule has 0 fully saturated rings. The van der Waals surface area contributed by atoms with Crippen LogP contribution >= 0.6 is 23.2 Å². The van der Waals surface area contributed by atoms with Gasteiger partial charge < -0.3 is 9.80 Å². The highest BCUT2D eigenvalue weighted by molar-refractivity contribution is 6.20. The van der Waals surface area contributed by atoms with E-state index in [0.717, 1.165) is 25.9 Å². The lowest BCUT2D eigenvalue weighted by molar-refractivity contribution is 0.859. The third-order valence-electron chi connectivity index (χ3n) is 4.89. The number of hydrogen-bond donors (Lipinski definition) is 0. The van der Waals surface area contributed by atoms with Gasteiger partial charge in [-0.15, -0.1) is 23.2 Å². The molecular weight excluding hydrogens is 363 g/mol. The fraction of sp³-hybridized carbons (Fsp3) is 0.364. The molecule has 138 valence electrons. The van der Waals surface area contributed by atoms with Gasteiger partial charge in [-0.05, 0) is 12.8 Å². The van der Waals surface area contributed by atoms with Gasteiger partial charge in [0.05, 0.1) is 11.4 Å². The van der Waals surface area contributed by atoms with Crippen molar-refractivity contribution in [2.45, 2.75) is 12.8 Å². The van der Waals surface area contributed by atoms with Gasteiger partial charge in [0.2, 0.25) is 0 Å². The predicted octanol–water partition coefficient (Wildman–Crippen LogP) is 6.12. The summed E-state index contributed by atoms with van der Waals surface area (Å²) >= 11 is 11.9. The summed E-state index contributed by atoms with van der Waals surface area (Å²) in [4.78, 5) is 4.69. The highest BCUT2D eigenvalue weighted by Crippen LogP contribution is 2.42. The average molecular weight is 389 g/mol. The molecule has 0 aromatic heterocycles. The second-order valence-corrected chi connectivity index (χ2v) is 7.47. The van der Waals surface area contributed by atoms with Crippen LogP contribution in [0.3, 0.4) is 0 Å². The molecule has 0 unspecified atom stereocenters. The Morgan fingerprint density at radius 3 is 1.19 bits per heavy atom. The molecule has 2 nitrogen and oxygen atoms in total. The molecule has 0 saturated heterocycles. The molecule has 0 aliphatic heterocycles. The molecule has 0 saturated carbocycles. The van der Waals surface area contributed by atoms with Gasteiger partial charge in [0.25, 0.3) is 0 Å². The minimum absolute atomic E-state index is 0.680. The third-order valence-corrected chi connectivity index (χ3v) is 5.43. The SMILES string of the molecule is CN(CCCCl)c1c2ccccc2c(N(C)CCCCl)c2ccccc12. The van der Waals surface area contributed by atoms with Gasteiger partial charge in [-0.25, -0.2) is 0 Å². The monoisotopic (exact) mass is 388 g/mol. The average Bonchev–Trinajstić information content (AvgIpc) is 2.68. The van der Waals surface area contributed by atoms with Crippen LogP contribution in [0.4, 0.5) is 11.4 Å². The minimum Gasteiger partial charge on any atom is -0.374 e. The Hall–Kier alpha value is -1.64. The Bertz CT molecular complexity index is 750. The summed E-state index contributed by atoms with van der Waals surface area (Å²) in [7, 11) is 4.33. The van der Waals surface area contributed by atoms with Crippen molar-refractivity contribution in [3.8, 4) is 0 Å². The molecular formula is C22H26Cl2N2. The molecule has 0 aliphatic rings. The van der Waals surface area contributed by atoms with Crippen LogP contribution < -0.4 is 9.80 Å². The van der Waals surface area contributed by atoms with E-state index in [1.807, 2.05) is 0 Å². The molecule has 0 radical (unpaired) electrons. The normalized spacial score (nSPS) is 11.2. The summed E-state index contributed by atoms with van der Waals surface area (Å²) in [5.74, 6) is 1.36. The number of anilines is 2. The van der Waals surface area contributed by atoms with Crippen LogP contribution in [-0.4, -0.2) is 38.9 Å². The Balaban J connectivity index is 2.28. The lowest BCUT2D eigenvalue weighted by Gasteiger charge is -2.28. The number of nitrogens with zero attached hydrogens (tertiary/aromatic N) is 2. The van der Waals surface area contributed by atoms with Crippen molar-refractivity contribution in [3.63, 3.8) is 0 Å². The molecule has 3 aromatic carbocycles. The molecule has 0 aliphatic carbocycles. The molecule has 3 aromatic rings.